The zero-order chi connectivity index (χ0) is 22.2. The Morgan fingerprint density at radius 1 is 1.19 bits per heavy atom. The van der Waals surface area contributed by atoms with Gasteiger partial charge in [-0.25, -0.2) is 9.37 Å². The molecule has 3 rings (SSSR count). The summed E-state index contributed by atoms with van der Waals surface area (Å²) >= 11 is 0. The number of oxazole rings is 1. The minimum Gasteiger partial charge on any atom is -0.466 e. The highest BCUT2D eigenvalue weighted by atomic mass is 19.1. The summed E-state index contributed by atoms with van der Waals surface area (Å²) in [6, 6.07) is 6.17. The van der Waals surface area contributed by atoms with Gasteiger partial charge in [0.05, 0.1) is 30.7 Å². The van der Waals surface area contributed by atoms with Gasteiger partial charge in [-0.1, -0.05) is 12.1 Å². The zero-order valence-electron chi connectivity index (χ0n) is 17.3. The summed E-state index contributed by atoms with van der Waals surface area (Å²) in [6.45, 7) is 2.60. The Labute approximate surface area is 179 Å². The van der Waals surface area contributed by atoms with Crippen molar-refractivity contribution in [1.82, 2.24) is 9.88 Å². The van der Waals surface area contributed by atoms with Crippen LogP contribution in [0.15, 0.2) is 34.9 Å². The molecule has 1 saturated heterocycles. The number of rotatable bonds is 8. The lowest BCUT2D eigenvalue weighted by Gasteiger charge is -2.30. The number of ether oxygens (including phenoxy) is 2. The third-order valence-corrected chi connectivity index (χ3v) is 5.06. The third kappa shape index (κ3) is 6.13. The Morgan fingerprint density at radius 3 is 2.65 bits per heavy atom. The molecule has 1 fully saturated rings. The lowest BCUT2D eigenvalue weighted by molar-refractivity contribution is -0.154. The number of likely N-dealkylation sites (tertiary alicyclic amines) is 1. The van der Waals surface area contributed by atoms with Gasteiger partial charge in [0.1, 0.15) is 5.82 Å². The molecule has 1 aromatic heterocycles. The lowest BCUT2D eigenvalue weighted by Crippen LogP contribution is -2.42. The fourth-order valence-corrected chi connectivity index (χ4v) is 3.35. The average Bonchev–Trinajstić information content (AvgIpc) is 3.25. The summed E-state index contributed by atoms with van der Waals surface area (Å²) in [5.41, 5.74) is 0.293. The van der Waals surface area contributed by atoms with Gasteiger partial charge in [-0.05, 0) is 31.9 Å². The molecule has 9 heteroatoms. The highest BCUT2D eigenvalue weighted by Gasteiger charge is 2.28. The molecule has 0 saturated carbocycles. The second-order valence-electron chi connectivity index (χ2n) is 7.17. The first-order chi connectivity index (χ1) is 15.0. The molecule has 0 N–H and O–H groups in total. The Morgan fingerprint density at radius 2 is 1.94 bits per heavy atom. The highest BCUT2D eigenvalue weighted by Crippen LogP contribution is 2.23. The number of piperidine rings is 1. The molecule has 0 bridgehead atoms. The van der Waals surface area contributed by atoms with Crippen molar-refractivity contribution in [3.63, 3.8) is 0 Å². The molecule has 8 nitrogen and oxygen atoms in total. The SMILES string of the molecule is CCOC(=O)C1CCN(C(=O)COC(=O)CCc2ncc(-c3ccccc3F)o2)CC1. The van der Waals surface area contributed by atoms with E-state index in [1.165, 1.54) is 12.3 Å². The third-order valence-electron chi connectivity index (χ3n) is 5.06. The molecular formula is C22H25FN2O6. The maximum atomic E-state index is 13.8. The van der Waals surface area contributed by atoms with Gasteiger partial charge in [-0.3, -0.25) is 14.4 Å². The number of aryl methyl sites for hydroxylation is 1. The van der Waals surface area contributed by atoms with Crippen LogP contribution in [0.25, 0.3) is 11.3 Å². The number of halogens is 1. The van der Waals surface area contributed by atoms with E-state index in [1.54, 1.807) is 30.0 Å². The number of benzene rings is 1. The number of hydrogen-bond acceptors (Lipinski definition) is 7. The smallest absolute Gasteiger partial charge is 0.309 e. The molecule has 2 aromatic rings. The Bertz CT molecular complexity index is 920. The van der Waals surface area contributed by atoms with E-state index in [0.29, 0.717) is 38.1 Å². The maximum Gasteiger partial charge on any atom is 0.309 e. The van der Waals surface area contributed by atoms with Gasteiger partial charge in [-0.15, -0.1) is 0 Å². The standard InChI is InChI=1S/C22H25FN2O6/c1-2-29-22(28)15-9-11-25(12-10-15)20(26)14-30-21(27)8-7-19-24-13-18(31-19)16-5-3-4-6-17(16)23/h3-6,13,15H,2,7-12,14H2,1H3. The van der Waals surface area contributed by atoms with Crippen molar-refractivity contribution < 1.29 is 32.7 Å². The molecule has 1 amide bonds. The quantitative estimate of drug-likeness (QED) is 0.592. The van der Waals surface area contributed by atoms with Gasteiger partial charge in [0, 0.05) is 19.5 Å². The van der Waals surface area contributed by atoms with E-state index in [9.17, 15) is 18.8 Å². The van der Waals surface area contributed by atoms with Crippen molar-refractivity contribution >= 4 is 17.8 Å². The summed E-state index contributed by atoms with van der Waals surface area (Å²) in [5, 5.41) is 0. The van der Waals surface area contributed by atoms with Crippen LogP contribution in [-0.2, 0) is 30.3 Å². The van der Waals surface area contributed by atoms with Crippen LogP contribution in [0.4, 0.5) is 4.39 Å². The van der Waals surface area contributed by atoms with Crippen LogP contribution >= 0.6 is 0 Å². The van der Waals surface area contributed by atoms with E-state index >= 15 is 0 Å². The first-order valence-corrected chi connectivity index (χ1v) is 10.3. The summed E-state index contributed by atoms with van der Waals surface area (Å²) in [5.74, 6) is -1.14. The summed E-state index contributed by atoms with van der Waals surface area (Å²) in [7, 11) is 0. The van der Waals surface area contributed by atoms with E-state index in [2.05, 4.69) is 4.98 Å². The molecule has 0 radical (unpaired) electrons. The molecule has 0 unspecified atom stereocenters. The van der Waals surface area contributed by atoms with Gasteiger partial charge in [0.25, 0.3) is 5.91 Å². The number of carbonyl (C=O) groups is 3. The van der Waals surface area contributed by atoms with Crippen LogP contribution in [-0.4, -0.2) is 54.0 Å². The van der Waals surface area contributed by atoms with Crippen molar-refractivity contribution in [2.45, 2.75) is 32.6 Å². The molecule has 2 heterocycles. The van der Waals surface area contributed by atoms with Crippen LogP contribution in [0.2, 0.25) is 0 Å². The van der Waals surface area contributed by atoms with Crippen LogP contribution in [0.3, 0.4) is 0 Å². The van der Waals surface area contributed by atoms with E-state index in [-0.39, 0.29) is 48.9 Å². The highest BCUT2D eigenvalue weighted by molar-refractivity contribution is 5.81. The zero-order valence-corrected chi connectivity index (χ0v) is 17.3. The van der Waals surface area contributed by atoms with E-state index in [4.69, 9.17) is 13.9 Å². The fraction of sp³-hybridized carbons (Fsp3) is 0.455. The Hall–Kier alpha value is -3.23. The van der Waals surface area contributed by atoms with Crippen LogP contribution in [0, 0.1) is 11.7 Å². The second-order valence-corrected chi connectivity index (χ2v) is 7.17. The second kappa shape index (κ2) is 10.7. The van der Waals surface area contributed by atoms with Gasteiger partial charge in [0.2, 0.25) is 0 Å². The van der Waals surface area contributed by atoms with Gasteiger partial charge >= 0.3 is 11.9 Å². The number of amides is 1. The lowest BCUT2D eigenvalue weighted by atomic mass is 9.97. The van der Waals surface area contributed by atoms with Gasteiger partial charge in [-0.2, -0.15) is 0 Å². The number of esters is 2. The number of nitrogens with zero attached hydrogens (tertiary/aromatic N) is 2. The largest absolute Gasteiger partial charge is 0.466 e. The van der Waals surface area contributed by atoms with E-state index in [1.807, 2.05) is 0 Å². The van der Waals surface area contributed by atoms with E-state index in [0.717, 1.165) is 0 Å². The molecular weight excluding hydrogens is 407 g/mol. The summed E-state index contributed by atoms with van der Waals surface area (Å²) < 4.78 is 29.4. The Kier molecular flexibility index (Phi) is 7.75. The number of aromatic nitrogens is 1. The van der Waals surface area contributed by atoms with Crippen molar-refractivity contribution in [2.75, 3.05) is 26.3 Å². The molecule has 1 aromatic carbocycles. The first-order valence-electron chi connectivity index (χ1n) is 10.3. The molecule has 166 valence electrons. The van der Waals surface area contributed by atoms with Crippen LogP contribution < -0.4 is 0 Å². The predicted molar refractivity (Wildman–Crippen MR) is 107 cm³/mol. The molecule has 1 aliphatic rings. The maximum absolute atomic E-state index is 13.8. The molecule has 0 atom stereocenters. The summed E-state index contributed by atoms with van der Waals surface area (Å²) in [4.78, 5) is 41.6. The fourth-order valence-electron chi connectivity index (χ4n) is 3.35. The van der Waals surface area contributed by atoms with E-state index < -0.39 is 11.8 Å². The predicted octanol–water partition coefficient (Wildman–Crippen LogP) is 2.76. The first kappa shape index (κ1) is 22.5. The molecule has 0 aliphatic carbocycles. The number of hydrogen-bond donors (Lipinski definition) is 0. The average molecular weight is 432 g/mol. The van der Waals surface area contributed by atoms with Crippen molar-refractivity contribution in [2.24, 2.45) is 5.92 Å². The topological polar surface area (TPSA) is 98.9 Å². The number of carbonyl (C=O) groups excluding carboxylic acids is 3. The minimum atomic E-state index is -0.555. The molecule has 31 heavy (non-hydrogen) atoms. The van der Waals surface area contributed by atoms with Gasteiger partial charge in [0.15, 0.2) is 18.3 Å². The molecule has 0 spiro atoms. The van der Waals surface area contributed by atoms with Crippen LogP contribution in [0.5, 0.6) is 0 Å². The minimum absolute atomic E-state index is 0.0184. The van der Waals surface area contributed by atoms with Crippen molar-refractivity contribution in [1.29, 1.82) is 0 Å². The normalized spacial score (nSPS) is 14.3. The van der Waals surface area contributed by atoms with Crippen molar-refractivity contribution in [3.05, 3.63) is 42.2 Å². The van der Waals surface area contributed by atoms with Gasteiger partial charge < -0.3 is 18.8 Å². The summed E-state index contributed by atoms with van der Waals surface area (Å²) in [6.07, 6.45) is 2.63. The Balaban J connectivity index is 1.39. The van der Waals surface area contributed by atoms with Crippen LogP contribution in [0.1, 0.15) is 32.1 Å². The molecule has 1 aliphatic heterocycles. The van der Waals surface area contributed by atoms with Crippen molar-refractivity contribution in [3.8, 4) is 11.3 Å². The monoisotopic (exact) mass is 432 g/mol.